The highest BCUT2D eigenvalue weighted by atomic mass is 79.9. The first-order valence-electron chi connectivity index (χ1n) is 5.79. The molecule has 0 spiro atoms. The summed E-state index contributed by atoms with van der Waals surface area (Å²) in [7, 11) is 0. The van der Waals surface area contributed by atoms with Crippen molar-refractivity contribution in [1.29, 1.82) is 0 Å². The molecule has 4 heteroatoms. The van der Waals surface area contributed by atoms with Crippen LogP contribution in [0.3, 0.4) is 0 Å². The molecule has 0 heterocycles. The second-order valence-electron chi connectivity index (χ2n) is 5.31. The van der Waals surface area contributed by atoms with Crippen LogP contribution in [0, 0.1) is 17.0 Å². The van der Waals surface area contributed by atoms with E-state index < -0.39 is 11.6 Å². The van der Waals surface area contributed by atoms with Crippen molar-refractivity contribution >= 4 is 15.9 Å². The first kappa shape index (κ1) is 13.0. The molecule has 1 aromatic rings. The number of hydrogen-bond acceptors (Lipinski definition) is 1. The Bertz CT molecular complexity index is 436. The molecule has 1 fully saturated rings. The van der Waals surface area contributed by atoms with Crippen molar-refractivity contribution in [2.45, 2.75) is 38.6 Å². The van der Waals surface area contributed by atoms with Crippen LogP contribution in [0.2, 0.25) is 0 Å². The molecule has 1 aromatic carbocycles. The Hall–Kier alpha value is -0.480. The lowest BCUT2D eigenvalue weighted by molar-refractivity contribution is 0.318. The first-order chi connectivity index (χ1) is 7.91. The van der Waals surface area contributed by atoms with Crippen LogP contribution in [0.15, 0.2) is 16.6 Å². The van der Waals surface area contributed by atoms with Gasteiger partial charge in [0.15, 0.2) is 0 Å². The Kier molecular flexibility index (Phi) is 3.55. The molecule has 0 bridgehead atoms. The average molecular weight is 304 g/mol. The fourth-order valence-corrected chi connectivity index (χ4v) is 3.06. The number of rotatable bonds is 2. The SMILES string of the molecule is CC1(Cc2c(F)ccc(Br)c2F)CCC(N)C1. The normalized spacial score (nSPS) is 28.6. The minimum Gasteiger partial charge on any atom is -0.328 e. The van der Waals surface area contributed by atoms with E-state index in [1.807, 2.05) is 0 Å². The van der Waals surface area contributed by atoms with Gasteiger partial charge < -0.3 is 5.73 Å². The fourth-order valence-electron chi connectivity index (χ4n) is 2.69. The van der Waals surface area contributed by atoms with Crippen LogP contribution >= 0.6 is 15.9 Å². The molecule has 2 unspecified atom stereocenters. The summed E-state index contributed by atoms with van der Waals surface area (Å²) in [4.78, 5) is 0. The van der Waals surface area contributed by atoms with E-state index in [-0.39, 0.29) is 17.0 Å². The van der Waals surface area contributed by atoms with Gasteiger partial charge in [0.05, 0.1) is 4.47 Å². The molecule has 0 amide bonds. The Morgan fingerprint density at radius 2 is 2.18 bits per heavy atom. The van der Waals surface area contributed by atoms with E-state index in [1.54, 1.807) is 0 Å². The van der Waals surface area contributed by atoms with Gasteiger partial charge in [-0.3, -0.25) is 0 Å². The lowest BCUT2D eigenvalue weighted by Gasteiger charge is -2.24. The maximum atomic E-state index is 13.9. The minimum absolute atomic E-state index is 0.0815. The van der Waals surface area contributed by atoms with E-state index in [9.17, 15) is 8.78 Å². The Labute approximate surface area is 109 Å². The van der Waals surface area contributed by atoms with Crippen molar-refractivity contribution in [3.63, 3.8) is 0 Å². The predicted molar refractivity (Wildman–Crippen MR) is 67.7 cm³/mol. The summed E-state index contributed by atoms with van der Waals surface area (Å²) in [5.74, 6) is -0.945. The lowest BCUT2D eigenvalue weighted by atomic mass is 9.81. The van der Waals surface area contributed by atoms with Crippen LogP contribution < -0.4 is 5.73 Å². The third-order valence-corrected chi connectivity index (χ3v) is 4.23. The van der Waals surface area contributed by atoms with E-state index in [2.05, 4.69) is 22.9 Å². The molecule has 0 aromatic heterocycles. The second-order valence-corrected chi connectivity index (χ2v) is 6.17. The van der Waals surface area contributed by atoms with Crippen molar-refractivity contribution in [2.75, 3.05) is 0 Å². The van der Waals surface area contributed by atoms with Gasteiger partial charge in [0.2, 0.25) is 0 Å². The van der Waals surface area contributed by atoms with E-state index >= 15 is 0 Å². The molecule has 1 aliphatic carbocycles. The van der Waals surface area contributed by atoms with Crippen molar-refractivity contribution in [3.8, 4) is 0 Å². The summed E-state index contributed by atoms with van der Waals surface area (Å²) >= 11 is 3.09. The fraction of sp³-hybridized carbons (Fsp3) is 0.538. The molecule has 1 nitrogen and oxygen atoms in total. The summed E-state index contributed by atoms with van der Waals surface area (Å²) in [6, 6.07) is 2.87. The van der Waals surface area contributed by atoms with Gasteiger partial charge in [-0.05, 0) is 59.2 Å². The Morgan fingerprint density at radius 1 is 1.47 bits per heavy atom. The minimum atomic E-state index is -0.480. The zero-order valence-corrected chi connectivity index (χ0v) is 11.4. The molecule has 1 saturated carbocycles. The van der Waals surface area contributed by atoms with Crippen LogP contribution in [0.5, 0.6) is 0 Å². The molecule has 2 rings (SSSR count). The third kappa shape index (κ3) is 2.68. The highest BCUT2D eigenvalue weighted by Crippen LogP contribution is 2.41. The smallest absolute Gasteiger partial charge is 0.143 e. The van der Waals surface area contributed by atoms with Gasteiger partial charge in [-0.1, -0.05) is 6.92 Å². The number of benzene rings is 1. The van der Waals surface area contributed by atoms with Crippen LogP contribution in [0.25, 0.3) is 0 Å². The van der Waals surface area contributed by atoms with Gasteiger partial charge in [-0.2, -0.15) is 0 Å². The van der Waals surface area contributed by atoms with E-state index in [1.165, 1.54) is 12.1 Å². The molecule has 94 valence electrons. The zero-order valence-electron chi connectivity index (χ0n) is 9.77. The molecule has 0 aliphatic heterocycles. The van der Waals surface area contributed by atoms with Crippen molar-refractivity contribution in [2.24, 2.45) is 11.1 Å². The molecule has 0 saturated heterocycles. The standard InChI is InChI=1S/C13H16BrF2N/c1-13(5-4-8(17)6-13)7-9-11(15)3-2-10(14)12(9)16/h2-3,8H,4-7,17H2,1H3. The predicted octanol–water partition coefficient (Wildman–Crippen LogP) is 3.79. The summed E-state index contributed by atoms with van der Waals surface area (Å²) in [6.45, 7) is 2.06. The van der Waals surface area contributed by atoms with Crippen molar-refractivity contribution < 1.29 is 8.78 Å². The van der Waals surface area contributed by atoms with E-state index in [0.717, 1.165) is 19.3 Å². The molecule has 2 atom stereocenters. The Morgan fingerprint density at radius 3 is 2.76 bits per heavy atom. The zero-order chi connectivity index (χ0) is 12.6. The van der Waals surface area contributed by atoms with Crippen LogP contribution in [0.1, 0.15) is 31.7 Å². The first-order valence-corrected chi connectivity index (χ1v) is 6.58. The van der Waals surface area contributed by atoms with Crippen LogP contribution in [-0.4, -0.2) is 6.04 Å². The topological polar surface area (TPSA) is 26.0 Å². The molecule has 0 radical (unpaired) electrons. The molecule has 17 heavy (non-hydrogen) atoms. The highest BCUT2D eigenvalue weighted by Gasteiger charge is 2.35. The largest absolute Gasteiger partial charge is 0.328 e. The average Bonchev–Trinajstić information content (AvgIpc) is 2.60. The highest BCUT2D eigenvalue weighted by molar-refractivity contribution is 9.10. The number of nitrogens with two attached hydrogens (primary N) is 1. The van der Waals surface area contributed by atoms with Gasteiger partial charge >= 0.3 is 0 Å². The summed E-state index contributed by atoms with van der Waals surface area (Å²) in [5.41, 5.74) is 5.97. The van der Waals surface area contributed by atoms with Gasteiger partial charge in [-0.25, -0.2) is 8.78 Å². The van der Waals surface area contributed by atoms with E-state index in [0.29, 0.717) is 10.9 Å². The van der Waals surface area contributed by atoms with Gasteiger partial charge in [0, 0.05) is 11.6 Å². The van der Waals surface area contributed by atoms with Crippen LogP contribution in [-0.2, 0) is 6.42 Å². The monoisotopic (exact) mass is 303 g/mol. The third-order valence-electron chi connectivity index (χ3n) is 3.62. The van der Waals surface area contributed by atoms with E-state index in [4.69, 9.17) is 5.73 Å². The van der Waals surface area contributed by atoms with Gasteiger partial charge in [0.25, 0.3) is 0 Å². The van der Waals surface area contributed by atoms with Gasteiger partial charge in [-0.15, -0.1) is 0 Å². The molecular weight excluding hydrogens is 288 g/mol. The van der Waals surface area contributed by atoms with Gasteiger partial charge in [0.1, 0.15) is 11.6 Å². The lowest BCUT2D eigenvalue weighted by Crippen LogP contribution is -2.22. The number of hydrogen-bond donors (Lipinski definition) is 1. The van der Waals surface area contributed by atoms with Crippen LogP contribution in [0.4, 0.5) is 8.78 Å². The maximum Gasteiger partial charge on any atom is 0.143 e. The Balaban J connectivity index is 2.27. The number of halogens is 3. The van der Waals surface area contributed by atoms with Crippen molar-refractivity contribution in [1.82, 2.24) is 0 Å². The van der Waals surface area contributed by atoms with Crippen molar-refractivity contribution in [3.05, 3.63) is 33.8 Å². The summed E-state index contributed by atoms with van der Waals surface area (Å²) in [6.07, 6.45) is 3.11. The quantitative estimate of drug-likeness (QED) is 0.827. The maximum absolute atomic E-state index is 13.9. The molecule has 2 N–H and O–H groups in total. The molecule has 1 aliphatic rings. The molecular formula is C13H16BrF2N. The summed E-state index contributed by atoms with van der Waals surface area (Å²) in [5, 5.41) is 0. The summed E-state index contributed by atoms with van der Waals surface area (Å²) < 4.78 is 27.8. The second kappa shape index (κ2) is 4.65.